The van der Waals surface area contributed by atoms with Crippen LogP contribution in [0.5, 0.6) is 11.8 Å². The fraction of sp³-hybridized carbons (Fsp3) is 0.477. The molecule has 8 aromatic rings. The zero-order valence-electron chi connectivity index (χ0n) is 49.6. The summed E-state index contributed by atoms with van der Waals surface area (Å²) >= 11 is 1.41. The maximum absolute atomic E-state index is 16.9. The number of carbonyl (C=O) groups excluding carboxylic acids is 2. The molecule has 6 aliphatic rings. The van der Waals surface area contributed by atoms with Gasteiger partial charge in [0.2, 0.25) is 11.8 Å². The summed E-state index contributed by atoms with van der Waals surface area (Å²) in [6.07, 6.45) is 9.30. The number of amides is 2. The van der Waals surface area contributed by atoms with Crippen molar-refractivity contribution in [2.75, 3.05) is 51.0 Å². The quantitative estimate of drug-likeness (QED) is 0.0511. The van der Waals surface area contributed by atoms with Gasteiger partial charge in [0.15, 0.2) is 12.0 Å². The first-order chi connectivity index (χ1) is 42.9. The van der Waals surface area contributed by atoms with Gasteiger partial charge in [-0.1, -0.05) is 67.6 Å². The van der Waals surface area contributed by atoms with E-state index < -0.39 is 42.7 Å². The number of anilines is 1. The molecule has 0 spiro atoms. The Hall–Kier alpha value is -7.51. The molecular formula is C65H73FN12O9S. The molecule has 21 nitrogen and oxygen atoms in total. The number of likely N-dealkylation sites (tertiary alicyclic amines) is 1. The lowest BCUT2D eigenvalue weighted by Crippen LogP contribution is -2.50. The highest BCUT2D eigenvalue weighted by Gasteiger charge is 2.44. The molecule has 0 radical (unpaired) electrons. The van der Waals surface area contributed by atoms with Crippen molar-refractivity contribution in [3.63, 3.8) is 0 Å². The van der Waals surface area contributed by atoms with E-state index >= 15 is 4.39 Å². The average Bonchev–Trinajstić information content (AvgIpc) is 1.31. The summed E-state index contributed by atoms with van der Waals surface area (Å²) in [5, 5.41) is 53.4. The number of rotatable bonds is 19. The topological polar surface area (TPSA) is 249 Å². The number of aliphatic hydroxyl groups excluding tert-OH is 3. The second kappa shape index (κ2) is 24.5. The summed E-state index contributed by atoms with van der Waals surface area (Å²) in [6, 6.07) is 17.1. The highest BCUT2D eigenvalue weighted by molar-refractivity contribution is 7.13. The lowest BCUT2D eigenvalue weighted by atomic mass is 9.88. The van der Waals surface area contributed by atoms with Crippen molar-refractivity contribution in [2.45, 2.75) is 146 Å². The molecule has 7 atom stereocenters. The minimum absolute atomic E-state index is 0.0191. The van der Waals surface area contributed by atoms with Gasteiger partial charge in [0.25, 0.3) is 0 Å². The Balaban J connectivity index is 0.765. The maximum atomic E-state index is 16.9. The first kappa shape index (κ1) is 58.2. The third kappa shape index (κ3) is 11.2. The van der Waals surface area contributed by atoms with Crippen molar-refractivity contribution in [3.05, 3.63) is 112 Å². The SMILES string of the molecule is Cc1c(F)cc2c(cnn2C2CCCCO2)c1-c1c(C2CC2)cc2c(N3C[C@@H]4C[C@H]3CN4)nc(OC3CCOCC3)nc2c1OCc1ccc(-c2cn([C@H](C(=O)N3C[C@H](O)C[C@H]3C(=O)N[C@@H](CO)c3ccc(-c4scnc4CO)cc3)C(C)C)nn2)cc1. The standard InChI is InChI=1S/C65H73FN12O9S/c1-35(2)59(64(83)76-29-44(81)23-54(76)63(82)70-51(31-79)40-13-15-41(16-14-40)61-52(32-80)68-34-88-61)77-30-50(73-74-77)39-9-7-37(8-10-39)33-86-60-57(56-36(3)49(66)25-53-48(56)27-69-78(53)55-6-4-5-19-85-55)46(38-11-12-38)24-47-58(60)71-65(87-45-17-20-84-21-18-45)72-62(47)75-28-42-22-43(75)26-67-42/h7-10,13-16,24-25,27,30,34-35,38,42-45,51,54-55,59,67,79-81H,4-6,11-12,17-23,26,28-29,31-33H2,1-3H3,(H,70,82)/t42-,43-,44+,51-,54-,55?,59-/m0/s1. The molecule has 5 aliphatic heterocycles. The zero-order chi connectivity index (χ0) is 60.3. The third-order valence-corrected chi connectivity index (χ3v) is 19.5. The molecule has 4 aromatic carbocycles. The highest BCUT2D eigenvalue weighted by Crippen LogP contribution is 2.54. The van der Waals surface area contributed by atoms with Gasteiger partial charge in [-0.05, 0) is 91.2 Å². The van der Waals surface area contributed by atoms with Crippen LogP contribution in [0, 0.1) is 18.7 Å². The molecule has 5 saturated heterocycles. The molecule has 5 N–H and O–H groups in total. The van der Waals surface area contributed by atoms with E-state index in [9.17, 15) is 24.9 Å². The summed E-state index contributed by atoms with van der Waals surface area (Å²) in [5.41, 5.74) is 10.1. The number of hydrogen-bond acceptors (Lipinski definition) is 18. The second-order valence-electron chi connectivity index (χ2n) is 24.8. The molecule has 1 saturated carbocycles. The molecule has 1 aliphatic carbocycles. The van der Waals surface area contributed by atoms with Crippen molar-refractivity contribution in [3.8, 4) is 44.6 Å². The molecule has 1 unspecified atom stereocenters. The largest absolute Gasteiger partial charge is 0.486 e. The summed E-state index contributed by atoms with van der Waals surface area (Å²) < 4.78 is 46.2. The van der Waals surface area contributed by atoms with E-state index in [2.05, 4.69) is 36.9 Å². The molecule has 14 rings (SSSR count). The smallest absolute Gasteiger partial charge is 0.319 e. The molecule has 460 valence electrons. The number of benzene rings is 4. The van der Waals surface area contributed by atoms with Gasteiger partial charge in [-0.25, -0.2) is 18.7 Å². The van der Waals surface area contributed by atoms with Crippen LogP contribution in [0.3, 0.4) is 0 Å². The van der Waals surface area contributed by atoms with E-state index in [1.54, 1.807) is 29.9 Å². The number of piperazine rings is 1. The molecular weight excluding hydrogens is 1140 g/mol. The Morgan fingerprint density at radius 3 is 2.45 bits per heavy atom. The predicted octanol–water partition coefficient (Wildman–Crippen LogP) is 8.24. The van der Waals surface area contributed by atoms with Gasteiger partial charge in [-0.2, -0.15) is 15.1 Å². The van der Waals surface area contributed by atoms with Crippen LogP contribution in [0.1, 0.15) is 124 Å². The van der Waals surface area contributed by atoms with E-state index in [-0.39, 0.29) is 68.2 Å². The minimum atomic E-state index is -1.01. The Bertz CT molecular complexity index is 3880. The van der Waals surface area contributed by atoms with E-state index in [1.165, 1.54) is 20.9 Å². The normalized spacial score (nSPS) is 22.1. The van der Waals surface area contributed by atoms with E-state index in [1.807, 2.05) is 68.0 Å². The first-order valence-corrected chi connectivity index (χ1v) is 31.9. The number of aromatic nitrogens is 8. The lowest BCUT2D eigenvalue weighted by Gasteiger charge is -2.31. The number of nitrogens with one attached hydrogen (secondary N) is 2. The van der Waals surface area contributed by atoms with Crippen LogP contribution in [0.15, 0.2) is 78.6 Å². The second-order valence-corrected chi connectivity index (χ2v) is 25.6. The van der Waals surface area contributed by atoms with Crippen LogP contribution < -0.4 is 25.0 Å². The third-order valence-electron chi connectivity index (χ3n) is 18.5. The fourth-order valence-corrected chi connectivity index (χ4v) is 14.5. The molecule has 23 heteroatoms. The van der Waals surface area contributed by atoms with Crippen molar-refractivity contribution in [1.29, 1.82) is 0 Å². The van der Waals surface area contributed by atoms with Crippen LogP contribution in [0.25, 0.3) is 54.6 Å². The summed E-state index contributed by atoms with van der Waals surface area (Å²) in [5.74, 6) is -0.0219. The fourth-order valence-electron chi connectivity index (χ4n) is 13.7. The van der Waals surface area contributed by atoms with Crippen LogP contribution in [0.4, 0.5) is 10.2 Å². The number of thiazole rings is 1. The molecule has 6 fully saturated rings. The molecule has 2 bridgehead atoms. The number of carbonyl (C=O) groups is 2. The number of hydrogen-bond donors (Lipinski definition) is 5. The van der Waals surface area contributed by atoms with Crippen LogP contribution in [0.2, 0.25) is 0 Å². The summed E-state index contributed by atoms with van der Waals surface area (Å²) in [6.45, 7) is 8.52. The van der Waals surface area contributed by atoms with Crippen molar-refractivity contribution in [1.82, 2.24) is 55.3 Å². The van der Waals surface area contributed by atoms with Gasteiger partial charge < -0.3 is 54.7 Å². The van der Waals surface area contributed by atoms with Gasteiger partial charge in [-0.3, -0.25) is 9.59 Å². The van der Waals surface area contributed by atoms with Gasteiger partial charge in [0.1, 0.15) is 47.6 Å². The number of ether oxygens (including phenoxy) is 4. The minimum Gasteiger partial charge on any atom is -0.486 e. The Morgan fingerprint density at radius 2 is 1.74 bits per heavy atom. The van der Waals surface area contributed by atoms with Crippen molar-refractivity contribution >= 4 is 50.8 Å². The van der Waals surface area contributed by atoms with Gasteiger partial charge >= 0.3 is 6.01 Å². The van der Waals surface area contributed by atoms with Gasteiger partial charge in [0.05, 0.1) is 72.6 Å². The maximum Gasteiger partial charge on any atom is 0.319 e. The van der Waals surface area contributed by atoms with Crippen LogP contribution in [-0.4, -0.2) is 148 Å². The first-order valence-electron chi connectivity index (χ1n) is 31.0. The highest BCUT2D eigenvalue weighted by atomic mass is 32.1. The molecule has 2 amide bonds. The Kier molecular flexibility index (Phi) is 16.2. The van der Waals surface area contributed by atoms with Gasteiger partial charge in [0, 0.05) is 91.1 Å². The Labute approximate surface area is 512 Å². The summed E-state index contributed by atoms with van der Waals surface area (Å²) in [4.78, 5) is 48.2. The average molecular weight is 1220 g/mol. The van der Waals surface area contributed by atoms with Crippen LogP contribution in [-0.2, 0) is 32.3 Å². The number of nitrogens with zero attached hydrogens (tertiary/aromatic N) is 10. The van der Waals surface area contributed by atoms with Crippen molar-refractivity contribution < 1.29 is 48.2 Å². The zero-order valence-corrected chi connectivity index (χ0v) is 50.4. The van der Waals surface area contributed by atoms with Crippen molar-refractivity contribution in [2.24, 2.45) is 5.92 Å². The molecule has 9 heterocycles. The predicted molar refractivity (Wildman–Crippen MR) is 327 cm³/mol. The Morgan fingerprint density at radius 1 is 0.932 bits per heavy atom. The van der Waals surface area contributed by atoms with Crippen LogP contribution >= 0.6 is 11.3 Å². The summed E-state index contributed by atoms with van der Waals surface area (Å²) in [7, 11) is 0. The molecule has 4 aromatic heterocycles. The van der Waals surface area contributed by atoms with E-state index in [0.29, 0.717) is 83.6 Å². The molecule has 88 heavy (non-hydrogen) atoms. The van der Waals surface area contributed by atoms with E-state index in [4.69, 9.17) is 34.0 Å². The number of β-amino-alcohol motifs (C(OH)–C–C–N with tert-alkyl or cyclic N) is 1. The number of halogens is 1. The number of fused-ring (bicyclic) bond motifs is 4. The lowest BCUT2D eigenvalue weighted by molar-refractivity contribution is -0.142. The van der Waals surface area contributed by atoms with Gasteiger partial charge in [-0.15, -0.1) is 16.4 Å². The monoisotopic (exact) mass is 1220 g/mol. The number of aliphatic hydroxyl groups is 3. The van der Waals surface area contributed by atoms with E-state index in [0.717, 1.165) is 101 Å².